The summed E-state index contributed by atoms with van der Waals surface area (Å²) < 4.78 is 47.0. The molecule has 3 nitrogen and oxygen atoms in total. The normalized spacial score (nSPS) is 22.7. The van der Waals surface area contributed by atoms with Crippen LogP contribution in [0.2, 0.25) is 0 Å². The Morgan fingerprint density at radius 3 is 2.27 bits per heavy atom. The van der Waals surface area contributed by atoms with Crippen molar-refractivity contribution in [3.8, 4) is 0 Å². The van der Waals surface area contributed by atoms with Crippen molar-refractivity contribution in [1.82, 2.24) is 4.31 Å². The summed E-state index contributed by atoms with van der Waals surface area (Å²) >= 11 is 0. The minimum absolute atomic E-state index is 0.241. The molecule has 0 spiro atoms. The van der Waals surface area contributed by atoms with Crippen LogP contribution in [-0.4, -0.2) is 31.6 Å². The summed E-state index contributed by atoms with van der Waals surface area (Å²) in [5.74, 6) is -3.03. The summed E-state index contributed by atoms with van der Waals surface area (Å²) in [6.45, 7) is 6.43. The predicted molar refractivity (Wildman–Crippen MR) is 56.2 cm³/mol. The number of hydrogen-bond donors (Lipinski definition) is 0. The first kappa shape index (κ1) is 14.8. The van der Waals surface area contributed by atoms with E-state index in [1.807, 2.05) is 20.8 Å². The highest BCUT2D eigenvalue weighted by Crippen LogP contribution is 2.24. The predicted octanol–water partition coefficient (Wildman–Crippen LogP) is 2.30. The first-order valence-electron chi connectivity index (χ1n) is 5.25. The van der Waals surface area contributed by atoms with E-state index >= 15 is 0 Å². The molecule has 1 rings (SSSR count). The number of sulfonamides is 1. The molecule has 0 N–H and O–H groups in total. The summed E-state index contributed by atoms with van der Waals surface area (Å²) in [6.07, 6.45) is 1.54. The minimum atomic E-state index is -4.32. The molecular weight excluding hydrogens is 224 g/mol. The summed E-state index contributed by atoms with van der Waals surface area (Å²) in [7, 11) is -4.32. The van der Waals surface area contributed by atoms with Crippen molar-refractivity contribution >= 4 is 10.0 Å². The Labute approximate surface area is 90.5 Å². The third-order valence-corrected chi connectivity index (χ3v) is 3.91. The molecule has 1 aliphatic rings. The minimum Gasteiger partial charge on any atom is -0.206 e. The second-order valence-electron chi connectivity index (χ2n) is 3.23. The third kappa shape index (κ3) is 3.68. The monoisotopic (exact) mass is 243 g/mol. The van der Waals surface area contributed by atoms with E-state index in [1.165, 1.54) is 0 Å². The van der Waals surface area contributed by atoms with Gasteiger partial charge in [0.15, 0.2) is 0 Å². The number of rotatable bonds is 3. The molecular formula is C9H19F2NO2S. The highest BCUT2D eigenvalue weighted by atomic mass is 32.2. The van der Waals surface area contributed by atoms with Crippen LogP contribution in [-0.2, 0) is 10.0 Å². The van der Waals surface area contributed by atoms with Gasteiger partial charge < -0.3 is 0 Å². The standard InChI is InChI=1S/C7H13F2NO2S.C2H6/c1-2-6-3-4-10(5-6)13(11,12)7(8)9;1-2/h6-7H,2-5H2,1H3;1-2H3. The second kappa shape index (κ2) is 6.37. The summed E-state index contributed by atoms with van der Waals surface area (Å²) in [4.78, 5) is 0. The smallest absolute Gasteiger partial charge is 0.206 e. The number of hydrogen-bond acceptors (Lipinski definition) is 2. The van der Waals surface area contributed by atoms with Crippen LogP contribution in [0.3, 0.4) is 0 Å². The Morgan fingerprint density at radius 1 is 1.40 bits per heavy atom. The Hall–Kier alpha value is -0.230. The van der Waals surface area contributed by atoms with Crippen molar-refractivity contribution in [2.24, 2.45) is 5.92 Å². The molecule has 0 aromatic rings. The van der Waals surface area contributed by atoms with Crippen LogP contribution < -0.4 is 0 Å². The van der Waals surface area contributed by atoms with Crippen molar-refractivity contribution in [2.75, 3.05) is 13.1 Å². The zero-order chi connectivity index (χ0) is 12.1. The Morgan fingerprint density at radius 2 is 1.93 bits per heavy atom. The molecule has 6 heteroatoms. The average Bonchev–Trinajstić information content (AvgIpc) is 2.69. The number of halogens is 2. The second-order valence-corrected chi connectivity index (χ2v) is 5.13. The lowest BCUT2D eigenvalue weighted by Gasteiger charge is -2.14. The zero-order valence-electron chi connectivity index (χ0n) is 9.41. The van der Waals surface area contributed by atoms with Gasteiger partial charge in [0.1, 0.15) is 0 Å². The number of nitrogens with zero attached hydrogens (tertiary/aromatic N) is 1. The molecule has 1 atom stereocenters. The molecule has 0 aliphatic carbocycles. The maximum Gasteiger partial charge on any atom is 0.350 e. The topological polar surface area (TPSA) is 37.4 Å². The maximum absolute atomic E-state index is 12.1. The van der Waals surface area contributed by atoms with E-state index in [1.54, 1.807) is 0 Å². The molecule has 1 unspecified atom stereocenters. The summed E-state index contributed by atoms with van der Waals surface area (Å²) in [5, 5.41) is 0. The van der Waals surface area contributed by atoms with E-state index in [2.05, 4.69) is 0 Å². The van der Waals surface area contributed by atoms with Crippen molar-refractivity contribution in [3.63, 3.8) is 0 Å². The molecule has 1 aliphatic heterocycles. The molecule has 92 valence electrons. The maximum atomic E-state index is 12.1. The van der Waals surface area contributed by atoms with Gasteiger partial charge in [0.2, 0.25) is 0 Å². The van der Waals surface area contributed by atoms with Crippen molar-refractivity contribution in [2.45, 2.75) is 39.4 Å². The van der Waals surface area contributed by atoms with Gasteiger partial charge in [-0.05, 0) is 12.3 Å². The van der Waals surface area contributed by atoms with Crippen LogP contribution in [0.15, 0.2) is 0 Å². The van der Waals surface area contributed by atoms with Crippen LogP contribution in [0.1, 0.15) is 33.6 Å². The quantitative estimate of drug-likeness (QED) is 0.762. The van der Waals surface area contributed by atoms with E-state index < -0.39 is 15.8 Å². The van der Waals surface area contributed by atoms with Gasteiger partial charge in [0.25, 0.3) is 10.0 Å². The largest absolute Gasteiger partial charge is 0.350 e. The molecule has 0 aromatic heterocycles. The van der Waals surface area contributed by atoms with E-state index in [9.17, 15) is 17.2 Å². The summed E-state index contributed by atoms with van der Waals surface area (Å²) in [6, 6.07) is 0. The Balaban J connectivity index is 0.000000921. The lowest BCUT2D eigenvalue weighted by molar-refractivity contribution is 0.222. The lowest BCUT2D eigenvalue weighted by Crippen LogP contribution is -2.33. The number of alkyl halides is 2. The van der Waals surface area contributed by atoms with Crippen LogP contribution in [0, 0.1) is 5.92 Å². The fraction of sp³-hybridized carbons (Fsp3) is 1.00. The van der Waals surface area contributed by atoms with Gasteiger partial charge in [0.05, 0.1) is 0 Å². The third-order valence-electron chi connectivity index (χ3n) is 2.41. The van der Waals surface area contributed by atoms with E-state index in [-0.39, 0.29) is 19.0 Å². The van der Waals surface area contributed by atoms with Gasteiger partial charge >= 0.3 is 5.76 Å². The average molecular weight is 243 g/mol. The fourth-order valence-electron chi connectivity index (χ4n) is 1.47. The Bertz CT molecular complexity index is 267. The van der Waals surface area contributed by atoms with Crippen molar-refractivity contribution < 1.29 is 17.2 Å². The van der Waals surface area contributed by atoms with Crippen molar-refractivity contribution in [3.05, 3.63) is 0 Å². The van der Waals surface area contributed by atoms with Gasteiger partial charge in [-0.25, -0.2) is 8.42 Å². The first-order valence-corrected chi connectivity index (χ1v) is 6.76. The van der Waals surface area contributed by atoms with Gasteiger partial charge in [-0.3, -0.25) is 0 Å². The van der Waals surface area contributed by atoms with Gasteiger partial charge in [-0.15, -0.1) is 0 Å². The van der Waals surface area contributed by atoms with E-state index in [0.29, 0.717) is 6.42 Å². The molecule has 1 fully saturated rings. The molecule has 15 heavy (non-hydrogen) atoms. The molecule has 0 radical (unpaired) electrons. The van der Waals surface area contributed by atoms with E-state index in [0.717, 1.165) is 10.7 Å². The van der Waals surface area contributed by atoms with Crippen LogP contribution in [0.25, 0.3) is 0 Å². The first-order chi connectivity index (χ1) is 6.98. The molecule has 0 bridgehead atoms. The fourth-order valence-corrected chi connectivity index (χ4v) is 2.48. The zero-order valence-corrected chi connectivity index (χ0v) is 10.2. The van der Waals surface area contributed by atoms with Crippen LogP contribution in [0.4, 0.5) is 8.78 Å². The highest BCUT2D eigenvalue weighted by Gasteiger charge is 2.36. The summed E-state index contributed by atoms with van der Waals surface area (Å²) in [5.41, 5.74) is 0. The van der Waals surface area contributed by atoms with Gasteiger partial charge in [-0.2, -0.15) is 13.1 Å². The molecule has 1 heterocycles. The SMILES string of the molecule is CC.CCC1CCN(S(=O)(=O)C(F)F)C1. The van der Waals surface area contributed by atoms with E-state index in [4.69, 9.17) is 0 Å². The van der Waals surface area contributed by atoms with Gasteiger partial charge in [-0.1, -0.05) is 27.2 Å². The van der Waals surface area contributed by atoms with Gasteiger partial charge in [0, 0.05) is 13.1 Å². The lowest BCUT2D eigenvalue weighted by atomic mass is 10.1. The highest BCUT2D eigenvalue weighted by molar-refractivity contribution is 7.89. The van der Waals surface area contributed by atoms with Crippen LogP contribution in [0.5, 0.6) is 0 Å². The van der Waals surface area contributed by atoms with Crippen molar-refractivity contribution in [1.29, 1.82) is 0 Å². The molecule has 0 aromatic carbocycles. The Kier molecular flexibility index (Phi) is 6.28. The molecule has 0 amide bonds. The molecule has 1 saturated heterocycles. The van der Waals surface area contributed by atoms with Crippen LogP contribution >= 0.6 is 0 Å². The molecule has 0 saturated carbocycles.